The summed E-state index contributed by atoms with van der Waals surface area (Å²) in [4.78, 5) is 12.2. The number of aromatic hydroxyl groups is 1. The number of rotatable bonds is 14. The van der Waals surface area contributed by atoms with Gasteiger partial charge < -0.3 is 25.2 Å². The van der Waals surface area contributed by atoms with Gasteiger partial charge in [0.15, 0.2) is 9.84 Å². The van der Waals surface area contributed by atoms with E-state index in [2.05, 4.69) is 46.0 Å². The number of aromatic nitrogens is 3. The van der Waals surface area contributed by atoms with Crippen molar-refractivity contribution in [1.29, 1.82) is 0 Å². The van der Waals surface area contributed by atoms with Crippen LogP contribution in [0.4, 0.5) is 46.0 Å². The van der Waals surface area contributed by atoms with Crippen molar-refractivity contribution >= 4 is 66.0 Å². The summed E-state index contributed by atoms with van der Waals surface area (Å²) in [5, 5.41) is 33.0. The molecule has 0 radical (unpaired) electrons. The van der Waals surface area contributed by atoms with Crippen LogP contribution in [0.15, 0.2) is 115 Å². The molecule has 0 fully saturated rings. The van der Waals surface area contributed by atoms with Gasteiger partial charge in [-0.15, -0.1) is 10.2 Å². The molecule has 1 heterocycles. The average Bonchev–Trinajstić information content (AvgIpc) is 3.07. The number of sulfone groups is 1. The number of hydrogen-bond acceptors (Lipinski definition) is 16. The van der Waals surface area contributed by atoms with Gasteiger partial charge in [-0.2, -0.15) is 33.6 Å². The van der Waals surface area contributed by atoms with Crippen molar-refractivity contribution in [2.75, 3.05) is 30.1 Å². The van der Waals surface area contributed by atoms with E-state index in [0.29, 0.717) is 58.8 Å². The number of nitrogens with one attached hydrogen (secondary N) is 2. The molecule has 0 aliphatic heterocycles. The van der Waals surface area contributed by atoms with Gasteiger partial charge in [0.2, 0.25) is 11.9 Å². The minimum absolute atomic E-state index is 0.0121. The molecule has 0 saturated carbocycles. The summed E-state index contributed by atoms with van der Waals surface area (Å²) in [5.41, 5.74) is 2.59. The Morgan fingerprint density at radius 2 is 1.06 bits per heavy atom. The molecule has 51 heavy (non-hydrogen) atoms. The monoisotopic (exact) mass is 733 g/mol. The summed E-state index contributed by atoms with van der Waals surface area (Å²) < 4.78 is 66.6. The summed E-state index contributed by atoms with van der Waals surface area (Å²) in [6.45, 7) is 4.26. The Morgan fingerprint density at radius 1 is 0.627 bits per heavy atom. The Bertz CT molecular complexity index is 2140. The SMILES string of the molecule is CCOc1cc(Nc2nc(O)nc(Nc3ccc(/N=N/c4ccc(S(=O)(=O)O)cc4)c(OCC)c3)n2)ccc1/N=N/c1ccc(S(C)(=O)=O)cc1. The van der Waals surface area contributed by atoms with E-state index >= 15 is 0 Å². The van der Waals surface area contributed by atoms with Gasteiger partial charge in [-0.05, 0) is 86.6 Å². The molecule has 17 nitrogen and oxygen atoms in total. The summed E-state index contributed by atoms with van der Waals surface area (Å²) in [5.74, 6) is 0.789. The molecule has 0 atom stereocenters. The van der Waals surface area contributed by atoms with Crippen LogP contribution in [0, 0.1) is 0 Å². The summed E-state index contributed by atoms with van der Waals surface area (Å²) in [6, 6.07) is 20.6. The van der Waals surface area contributed by atoms with Gasteiger partial charge >= 0.3 is 6.01 Å². The van der Waals surface area contributed by atoms with Crippen molar-refractivity contribution in [2.24, 2.45) is 20.5 Å². The predicted octanol–water partition coefficient (Wildman–Crippen LogP) is 7.34. The van der Waals surface area contributed by atoms with Gasteiger partial charge in [-0.1, -0.05) is 0 Å². The first-order valence-corrected chi connectivity index (χ1v) is 18.4. The Balaban J connectivity index is 1.31. The van der Waals surface area contributed by atoms with Crippen LogP contribution in [0.5, 0.6) is 17.5 Å². The van der Waals surface area contributed by atoms with Crippen LogP contribution < -0.4 is 20.1 Å². The highest BCUT2D eigenvalue weighted by Crippen LogP contribution is 2.35. The van der Waals surface area contributed by atoms with Crippen LogP contribution in [0.25, 0.3) is 0 Å². The Morgan fingerprint density at radius 3 is 1.45 bits per heavy atom. The largest absolute Gasteiger partial charge is 0.491 e. The van der Waals surface area contributed by atoms with Gasteiger partial charge in [-0.25, -0.2) is 8.42 Å². The zero-order chi connectivity index (χ0) is 36.6. The number of hydrogen-bond donors (Lipinski definition) is 4. The lowest BCUT2D eigenvalue weighted by Gasteiger charge is -2.12. The lowest BCUT2D eigenvalue weighted by atomic mass is 10.2. The third-order valence-corrected chi connectivity index (χ3v) is 8.60. The first-order chi connectivity index (χ1) is 24.3. The summed E-state index contributed by atoms with van der Waals surface area (Å²) in [7, 11) is -7.66. The van der Waals surface area contributed by atoms with E-state index in [1.807, 2.05) is 6.92 Å². The maximum Gasteiger partial charge on any atom is 0.320 e. The van der Waals surface area contributed by atoms with Crippen LogP contribution in [-0.2, 0) is 20.0 Å². The fraction of sp³-hybridized carbons (Fsp3) is 0.156. The van der Waals surface area contributed by atoms with Crippen molar-refractivity contribution in [3.05, 3.63) is 84.9 Å². The maximum absolute atomic E-state index is 11.7. The van der Waals surface area contributed by atoms with E-state index in [9.17, 15) is 21.9 Å². The highest BCUT2D eigenvalue weighted by atomic mass is 32.2. The van der Waals surface area contributed by atoms with E-state index in [1.165, 1.54) is 36.4 Å². The zero-order valence-electron chi connectivity index (χ0n) is 27.3. The minimum Gasteiger partial charge on any atom is -0.491 e. The molecule has 0 bridgehead atoms. The molecule has 0 spiro atoms. The van der Waals surface area contributed by atoms with E-state index in [1.54, 1.807) is 55.5 Å². The number of nitrogens with zero attached hydrogens (tertiary/aromatic N) is 7. The molecule has 1 aromatic heterocycles. The first-order valence-electron chi connectivity index (χ1n) is 15.0. The molecule has 4 aromatic carbocycles. The average molecular weight is 734 g/mol. The predicted molar refractivity (Wildman–Crippen MR) is 187 cm³/mol. The second-order valence-corrected chi connectivity index (χ2v) is 13.8. The molecule has 19 heteroatoms. The minimum atomic E-state index is -4.33. The standard InChI is InChI=1S/C32H31N9O8S2/c1-4-48-28-18-22(10-16-26(28)40-38-20-6-12-24(13-7-20)50(3,43)44)33-30-35-31(37-32(42)36-30)34-23-11-17-27(29(19-23)49-5-2)41-39-21-8-14-25(15-9-21)51(45,46)47/h6-19H,4-5H2,1-3H3,(H,45,46,47)(H3,33,34,35,36,37,42)/b40-38+,41-39+. The van der Waals surface area contributed by atoms with Crippen molar-refractivity contribution in [3.63, 3.8) is 0 Å². The fourth-order valence-corrected chi connectivity index (χ4v) is 5.40. The molecule has 4 N–H and O–H groups in total. The highest BCUT2D eigenvalue weighted by molar-refractivity contribution is 7.90. The van der Waals surface area contributed by atoms with Crippen molar-refractivity contribution in [1.82, 2.24) is 15.0 Å². The van der Waals surface area contributed by atoms with E-state index in [-0.39, 0.29) is 21.7 Å². The smallest absolute Gasteiger partial charge is 0.320 e. The highest BCUT2D eigenvalue weighted by Gasteiger charge is 2.13. The Labute approximate surface area is 292 Å². The van der Waals surface area contributed by atoms with Gasteiger partial charge in [0.05, 0.1) is 34.4 Å². The van der Waals surface area contributed by atoms with Crippen LogP contribution >= 0.6 is 0 Å². The number of benzene rings is 4. The van der Waals surface area contributed by atoms with Gasteiger partial charge in [-0.3, -0.25) is 4.55 Å². The summed E-state index contributed by atoms with van der Waals surface area (Å²) >= 11 is 0. The van der Waals surface area contributed by atoms with Crippen LogP contribution in [0.2, 0.25) is 0 Å². The number of anilines is 4. The first kappa shape index (κ1) is 36.2. The molecular formula is C32H31N9O8S2. The van der Waals surface area contributed by atoms with Gasteiger partial charge in [0, 0.05) is 29.8 Å². The number of azo groups is 2. The quantitative estimate of drug-likeness (QED) is 0.0646. The van der Waals surface area contributed by atoms with E-state index in [4.69, 9.17) is 14.0 Å². The van der Waals surface area contributed by atoms with E-state index < -0.39 is 26.0 Å². The maximum atomic E-state index is 11.7. The summed E-state index contributed by atoms with van der Waals surface area (Å²) in [6.07, 6.45) is 1.13. The van der Waals surface area contributed by atoms with Crippen LogP contribution in [0.1, 0.15) is 13.8 Å². The second-order valence-electron chi connectivity index (χ2n) is 10.4. The van der Waals surface area contributed by atoms with Gasteiger partial charge in [0.25, 0.3) is 10.1 Å². The molecule has 264 valence electrons. The molecule has 0 aliphatic carbocycles. The third-order valence-electron chi connectivity index (χ3n) is 6.60. The van der Waals surface area contributed by atoms with Gasteiger partial charge in [0.1, 0.15) is 22.9 Å². The third kappa shape index (κ3) is 10.00. The Hall–Kier alpha value is -6.05. The van der Waals surface area contributed by atoms with Crippen LogP contribution in [0.3, 0.4) is 0 Å². The molecule has 0 amide bonds. The molecule has 0 saturated heterocycles. The normalized spacial score (nSPS) is 11.9. The van der Waals surface area contributed by atoms with Crippen LogP contribution in [-0.4, -0.2) is 60.9 Å². The molecule has 5 aromatic rings. The lowest BCUT2D eigenvalue weighted by Crippen LogP contribution is -2.04. The fourth-order valence-electron chi connectivity index (χ4n) is 4.29. The second kappa shape index (κ2) is 15.7. The van der Waals surface area contributed by atoms with Crippen molar-refractivity contribution < 1.29 is 36.0 Å². The molecular weight excluding hydrogens is 703 g/mol. The number of ether oxygens (including phenoxy) is 2. The lowest BCUT2D eigenvalue weighted by molar-refractivity contribution is 0.341. The Kier molecular flexibility index (Phi) is 11.1. The van der Waals surface area contributed by atoms with Crippen molar-refractivity contribution in [2.45, 2.75) is 23.6 Å². The van der Waals surface area contributed by atoms with E-state index in [0.717, 1.165) is 6.26 Å². The molecule has 0 unspecified atom stereocenters. The topological polar surface area (TPSA) is 239 Å². The zero-order valence-corrected chi connectivity index (χ0v) is 28.9. The van der Waals surface area contributed by atoms with Crippen molar-refractivity contribution in [3.8, 4) is 17.5 Å². The molecule has 5 rings (SSSR count). The molecule has 0 aliphatic rings.